The van der Waals surface area contributed by atoms with Gasteiger partial charge in [0.05, 0.1) is 6.61 Å². The van der Waals surface area contributed by atoms with Crippen molar-refractivity contribution in [2.45, 2.75) is 26.7 Å². The Morgan fingerprint density at radius 2 is 2.10 bits per heavy atom. The van der Waals surface area contributed by atoms with Gasteiger partial charge >= 0.3 is 0 Å². The lowest BCUT2D eigenvalue weighted by Gasteiger charge is -2.09. The number of nitrogens with zero attached hydrogens (tertiary/aromatic N) is 3. The molecule has 0 bridgehead atoms. The SMILES string of the molecule is CNC(=O)Cn1nnc(CO)c1COc1ccc(C)cc1. The Balaban J connectivity index is 2.11. The minimum atomic E-state index is -0.250. The Morgan fingerprint density at radius 1 is 1.38 bits per heavy atom. The minimum Gasteiger partial charge on any atom is -0.487 e. The molecule has 112 valence electrons. The van der Waals surface area contributed by atoms with E-state index in [2.05, 4.69) is 15.6 Å². The molecule has 7 heteroatoms. The van der Waals surface area contributed by atoms with Crippen LogP contribution in [-0.2, 0) is 24.6 Å². The highest BCUT2D eigenvalue weighted by Crippen LogP contribution is 2.15. The number of nitrogens with one attached hydrogen (secondary N) is 1. The summed E-state index contributed by atoms with van der Waals surface area (Å²) >= 11 is 0. The minimum absolute atomic E-state index is 0.0378. The van der Waals surface area contributed by atoms with Gasteiger partial charge < -0.3 is 15.2 Å². The molecule has 0 aliphatic rings. The largest absolute Gasteiger partial charge is 0.487 e. The molecule has 0 saturated carbocycles. The smallest absolute Gasteiger partial charge is 0.241 e. The maximum Gasteiger partial charge on any atom is 0.241 e. The molecule has 1 heterocycles. The lowest BCUT2D eigenvalue weighted by Crippen LogP contribution is -2.25. The number of carbonyl (C=O) groups is 1. The summed E-state index contributed by atoms with van der Waals surface area (Å²) in [6, 6.07) is 7.62. The highest BCUT2D eigenvalue weighted by Gasteiger charge is 2.15. The molecule has 0 saturated heterocycles. The molecule has 0 unspecified atom stereocenters. The number of hydrogen-bond acceptors (Lipinski definition) is 5. The van der Waals surface area contributed by atoms with Gasteiger partial charge in [0.25, 0.3) is 0 Å². The van der Waals surface area contributed by atoms with E-state index in [1.54, 1.807) is 7.05 Å². The molecule has 2 N–H and O–H groups in total. The maximum atomic E-state index is 11.4. The monoisotopic (exact) mass is 290 g/mol. The molecule has 1 amide bonds. The molecule has 2 aromatic rings. The van der Waals surface area contributed by atoms with Gasteiger partial charge in [-0.3, -0.25) is 4.79 Å². The van der Waals surface area contributed by atoms with Gasteiger partial charge in [0.2, 0.25) is 5.91 Å². The van der Waals surface area contributed by atoms with E-state index >= 15 is 0 Å². The van der Waals surface area contributed by atoms with Gasteiger partial charge in [0.1, 0.15) is 30.3 Å². The molecule has 21 heavy (non-hydrogen) atoms. The van der Waals surface area contributed by atoms with Crippen molar-refractivity contribution in [3.05, 3.63) is 41.2 Å². The quantitative estimate of drug-likeness (QED) is 0.804. The fourth-order valence-electron chi connectivity index (χ4n) is 1.78. The number of ether oxygens (including phenoxy) is 1. The first-order valence-corrected chi connectivity index (χ1v) is 6.56. The first-order chi connectivity index (χ1) is 10.1. The highest BCUT2D eigenvalue weighted by molar-refractivity contribution is 5.75. The van der Waals surface area contributed by atoms with Crippen molar-refractivity contribution in [1.29, 1.82) is 0 Å². The lowest BCUT2D eigenvalue weighted by molar-refractivity contribution is -0.121. The summed E-state index contributed by atoms with van der Waals surface area (Å²) in [4.78, 5) is 11.4. The van der Waals surface area contributed by atoms with Crippen LogP contribution in [0.25, 0.3) is 0 Å². The van der Waals surface area contributed by atoms with Crippen molar-refractivity contribution < 1.29 is 14.6 Å². The number of aromatic nitrogens is 3. The van der Waals surface area contributed by atoms with Crippen molar-refractivity contribution in [3.8, 4) is 5.75 Å². The summed E-state index contributed by atoms with van der Waals surface area (Å²) in [6.07, 6.45) is 0. The number of benzene rings is 1. The van der Waals surface area contributed by atoms with Gasteiger partial charge in [-0.1, -0.05) is 22.9 Å². The number of aryl methyl sites for hydroxylation is 1. The Bertz CT molecular complexity index is 607. The Kier molecular flexibility index (Phi) is 4.89. The summed E-state index contributed by atoms with van der Waals surface area (Å²) < 4.78 is 7.09. The van der Waals surface area contributed by atoms with Crippen LogP contribution in [0.3, 0.4) is 0 Å². The number of likely N-dealkylation sites (N-methyl/N-ethyl adjacent to an activating group) is 1. The Hall–Kier alpha value is -2.41. The molecule has 1 aromatic carbocycles. The molecule has 2 rings (SSSR count). The summed E-state index contributed by atoms with van der Waals surface area (Å²) in [5.41, 5.74) is 2.14. The fraction of sp³-hybridized carbons (Fsp3) is 0.357. The number of amides is 1. The molecule has 1 aromatic heterocycles. The van der Waals surface area contributed by atoms with Crippen molar-refractivity contribution in [1.82, 2.24) is 20.3 Å². The predicted octanol–water partition coefficient (Wildman–Crippen LogP) is 0.404. The van der Waals surface area contributed by atoms with E-state index in [0.29, 0.717) is 17.1 Å². The zero-order chi connectivity index (χ0) is 15.2. The molecular formula is C14H18N4O3. The van der Waals surface area contributed by atoms with Crippen molar-refractivity contribution in [3.63, 3.8) is 0 Å². The van der Waals surface area contributed by atoms with Crippen LogP contribution in [0.5, 0.6) is 5.75 Å². The van der Waals surface area contributed by atoms with Crippen LogP contribution in [0.15, 0.2) is 24.3 Å². The predicted molar refractivity (Wildman–Crippen MR) is 75.5 cm³/mol. The Morgan fingerprint density at radius 3 is 2.71 bits per heavy atom. The molecule has 0 aliphatic heterocycles. The summed E-state index contributed by atoms with van der Waals surface area (Å²) in [5.74, 6) is 0.512. The van der Waals surface area contributed by atoms with Gasteiger partial charge in [0, 0.05) is 7.05 Å². The van der Waals surface area contributed by atoms with Crippen LogP contribution >= 0.6 is 0 Å². The van der Waals surface area contributed by atoms with Gasteiger partial charge in [-0.25, -0.2) is 4.68 Å². The number of aliphatic hydroxyl groups is 1. The second-order valence-corrected chi connectivity index (χ2v) is 4.57. The Labute approximate surface area is 122 Å². The third-order valence-corrected chi connectivity index (χ3v) is 3.04. The average Bonchev–Trinajstić information content (AvgIpc) is 2.88. The van der Waals surface area contributed by atoms with Crippen LogP contribution in [0, 0.1) is 6.92 Å². The highest BCUT2D eigenvalue weighted by atomic mass is 16.5. The fourth-order valence-corrected chi connectivity index (χ4v) is 1.78. The third kappa shape index (κ3) is 3.79. The third-order valence-electron chi connectivity index (χ3n) is 3.04. The van der Waals surface area contributed by atoms with Crippen LogP contribution in [0.4, 0.5) is 0 Å². The molecule has 0 spiro atoms. The second kappa shape index (κ2) is 6.85. The van der Waals surface area contributed by atoms with Gasteiger partial charge in [-0.05, 0) is 19.1 Å². The molecule has 0 fully saturated rings. The normalized spacial score (nSPS) is 10.4. The average molecular weight is 290 g/mol. The molecular weight excluding hydrogens is 272 g/mol. The first-order valence-electron chi connectivity index (χ1n) is 6.56. The van der Waals surface area contributed by atoms with Crippen LogP contribution in [0.1, 0.15) is 17.0 Å². The van der Waals surface area contributed by atoms with Gasteiger partial charge in [-0.15, -0.1) is 5.10 Å². The lowest BCUT2D eigenvalue weighted by atomic mass is 10.2. The first kappa shape index (κ1) is 15.0. The zero-order valence-corrected chi connectivity index (χ0v) is 12.0. The van der Waals surface area contributed by atoms with E-state index in [1.807, 2.05) is 31.2 Å². The summed E-state index contributed by atoms with van der Waals surface area (Å²) in [7, 11) is 1.55. The number of rotatable bonds is 6. The van der Waals surface area contributed by atoms with Gasteiger partial charge in [0.15, 0.2) is 0 Å². The van der Waals surface area contributed by atoms with E-state index in [9.17, 15) is 9.90 Å². The molecule has 0 radical (unpaired) electrons. The number of hydrogen-bond donors (Lipinski definition) is 2. The van der Waals surface area contributed by atoms with E-state index in [4.69, 9.17) is 4.74 Å². The van der Waals surface area contributed by atoms with E-state index in [1.165, 1.54) is 4.68 Å². The van der Waals surface area contributed by atoms with Crippen molar-refractivity contribution in [2.75, 3.05) is 7.05 Å². The van der Waals surface area contributed by atoms with Crippen molar-refractivity contribution >= 4 is 5.91 Å². The van der Waals surface area contributed by atoms with E-state index in [-0.39, 0.29) is 25.7 Å². The zero-order valence-electron chi connectivity index (χ0n) is 12.0. The van der Waals surface area contributed by atoms with Crippen LogP contribution in [0.2, 0.25) is 0 Å². The van der Waals surface area contributed by atoms with Crippen molar-refractivity contribution in [2.24, 2.45) is 0 Å². The standard InChI is InChI=1S/C14H18N4O3/c1-10-3-5-11(6-4-10)21-9-13-12(8-19)16-17-18(13)7-14(20)15-2/h3-6,19H,7-9H2,1-2H3,(H,15,20). The van der Waals surface area contributed by atoms with E-state index < -0.39 is 0 Å². The second-order valence-electron chi connectivity index (χ2n) is 4.57. The summed E-state index contributed by atoms with van der Waals surface area (Å²) in [5, 5.41) is 19.5. The number of aliphatic hydroxyl groups excluding tert-OH is 1. The molecule has 7 nitrogen and oxygen atoms in total. The summed E-state index contributed by atoms with van der Waals surface area (Å²) in [6.45, 7) is 1.97. The molecule has 0 aliphatic carbocycles. The maximum absolute atomic E-state index is 11.4. The van der Waals surface area contributed by atoms with Crippen LogP contribution < -0.4 is 10.1 Å². The van der Waals surface area contributed by atoms with E-state index in [0.717, 1.165) is 5.56 Å². The van der Waals surface area contributed by atoms with Crippen LogP contribution in [-0.4, -0.2) is 33.1 Å². The topological polar surface area (TPSA) is 89.3 Å². The van der Waals surface area contributed by atoms with Gasteiger partial charge in [-0.2, -0.15) is 0 Å². The molecule has 0 atom stereocenters. The number of carbonyl (C=O) groups excluding carboxylic acids is 1.